The minimum Gasteiger partial charge on any atom is -0.273 e. The highest BCUT2D eigenvalue weighted by Crippen LogP contribution is 2.36. The largest absolute Gasteiger partial charge is 0.273 e. The summed E-state index contributed by atoms with van der Waals surface area (Å²) in [6.07, 6.45) is 3.52. The molecule has 1 heterocycles. The number of nitrogens with zero attached hydrogens (tertiary/aromatic N) is 2. The van der Waals surface area contributed by atoms with Crippen molar-refractivity contribution in [2.24, 2.45) is 17.3 Å². The Morgan fingerprint density at radius 3 is 2.41 bits per heavy atom. The number of rotatable bonds is 7. The highest BCUT2D eigenvalue weighted by atomic mass is 16.2. The first-order chi connectivity index (χ1) is 12.6. The van der Waals surface area contributed by atoms with Gasteiger partial charge in [-0.3, -0.25) is 9.59 Å². The summed E-state index contributed by atoms with van der Waals surface area (Å²) >= 11 is 0. The smallest absolute Gasteiger partial charge is 0.247 e. The lowest BCUT2D eigenvalue weighted by molar-refractivity contribution is -0.163. The number of carbonyl (C=O) groups excluding carboxylic acids is 2. The molecule has 2 atom stereocenters. The second kappa shape index (κ2) is 8.83. The number of hydrogen-bond acceptors (Lipinski definition) is 3. The van der Waals surface area contributed by atoms with Gasteiger partial charge in [0.1, 0.15) is 0 Å². The lowest BCUT2D eigenvalue weighted by Crippen LogP contribution is -2.50. The van der Waals surface area contributed by atoms with Gasteiger partial charge in [0.15, 0.2) is 0 Å². The molecule has 1 saturated heterocycles. The molecule has 0 radical (unpaired) electrons. The van der Waals surface area contributed by atoms with Gasteiger partial charge in [0.05, 0.1) is 0 Å². The van der Waals surface area contributed by atoms with Crippen LogP contribution in [0.3, 0.4) is 0 Å². The Balaban J connectivity index is 2.36. The van der Waals surface area contributed by atoms with E-state index < -0.39 is 0 Å². The maximum atomic E-state index is 13.4. The van der Waals surface area contributed by atoms with Crippen LogP contribution in [0, 0.1) is 17.3 Å². The molecule has 1 aliphatic heterocycles. The molecule has 4 nitrogen and oxygen atoms in total. The fourth-order valence-electron chi connectivity index (χ4n) is 3.84. The quantitative estimate of drug-likeness (QED) is 0.646. The Morgan fingerprint density at radius 2 is 1.89 bits per heavy atom. The Labute approximate surface area is 164 Å². The minimum atomic E-state index is -0.205. The molecular formula is C23H34N2O2. The van der Waals surface area contributed by atoms with Crippen LogP contribution in [0.4, 0.5) is 0 Å². The van der Waals surface area contributed by atoms with Gasteiger partial charge in [0.2, 0.25) is 11.8 Å². The van der Waals surface area contributed by atoms with Crippen molar-refractivity contribution in [2.75, 3.05) is 0 Å². The number of benzene rings is 1. The number of hydrogen-bond donors (Lipinski definition) is 0. The third-order valence-corrected chi connectivity index (χ3v) is 5.17. The van der Waals surface area contributed by atoms with Crippen molar-refractivity contribution in [3.8, 4) is 0 Å². The molecule has 1 aliphatic rings. The van der Waals surface area contributed by atoms with E-state index >= 15 is 0 Å². The predicted octanol–water partition coefficient (Wildman–Crippen LogP) is 4.82. The third-order valence-electron chi connectivity index (χ3n) is 5.17. The van der Waals surface area contributed by atoms with E-state index in [9.17, 15) is 9.59 Å². The molecule has 1 aromatic carbocycles. The second-order valence-electron chi connectivity index (χ2n) is 9.06. The van der Waals surface area contributed by atoms with Crippen LogP contribution in [-0.4, -0.2) is 27.9 Å². The van der Waals surface area contributed by atoms with E-state index in [4.69, 9.17) is 0 Å². The lowest BCUT2D eigenvalue weighted by atomic mass is 9.85. The zero-order chi connectivity index (χ0) is 20.2. The number of amides is 2. The number of carbonyl (C=O) groups is 2. The summed E-state index contributed by atoms with van der Waals surface area (Å²) in [6, 6.07) is 10.0. The molecule has 1 aromatic rings. The molecule has 0 saturated carbocycles. The van der Waals surface area contributed by atoms with E-state index in [0.29, 0.717) is 25.3 Å². The van der Waals surface area contributed by atoms with Crippen molar-refractivity contribution >= 4 is 11.8 Å². The van der Waals surface area contributed by atoms with E-state index in [1.165, 1.54) is 5.01 Å². The monoisotopic (exact) mass is 370 g/mol. The average molecular weight is 371 g/mol. The summed E-state index contributed by atoms with van der Waals surface area (Å²) in [6.45, 7) is 15.0. The maximum Gasteiger partial charge on any atom is 0.247 e. The Morgan fingerprint density at radius 1 is 1.26 bits per heavy atom. The van der Waals surface area contributed by atoms with Gasteiger partial charge in [-0.1, -0.05) is 71.0 Å². The Kier molecular flexibility index (Phi) is 6.99. The molecule has 148 valence electrons. The van der Waals surface area contributed by atoms with E-state index in [1.807, 2.05) is 35.3 Å². The van der Waals surface area contributed by atoms with Gasteiger partial charge in [-0.15, -0.1) is 6.58 Å². The van der Waals surface area contributed by atoms with Crippen LogP contribution in [-0.2, 0) is 16.1 Å². The van der Waals surface area contributed by atoms with Crippen molar-refractivity contribution in [2.45, 2.75) is 66.5 Å². The first kappa shape index (κ1) is 21.4. The van der Waals surface area contributed by atoms with Gasteiger partial charge in [-0.2, -0.15) is 0 Å². The molecule has 1 fully saturated rings. The summed E-state index contributed by atoms with van der Waals surface area (Å²) in [7, 11) is 0. The number of imide groups is 1. The van der Waals surface area contributed by atoms with Gasteiger partial charge in [-0.25, -0.2) is 10.0 Å². The van der Waals surface area contributed by atoms with E-state index in [2.05, 4.69) is 41.2 Å². The van der Waals surface area contributed by atoms with Crippen LogP contribution < -0.4 is 0 Å². The molecule has 2 rings (SSSR count). The summed E-state index contributed by atoms with van der Waals surface area (Å²) < 4.78 is 0. The summed E-state index contributed by atoms with van der Waals surface area (Å²) in [5.41, 5.74) is 0.995. The fraction of sp³-hybridized carbons (Fsp3) is 0.565. The third kappa shape index (κ3) is 5.29. The molecule has 27 heavy (non-hydrogen) atoms. The van der Waals surface area contributed by atoms with E-state index in [1.54, 1.807) is 6.08 Å². The standard InChI is InChI=1S/C23H34N2O2/c1-7-11-19(14-17(2)3)22(27)25-21(26)15-20(23(4,5)6)24(25)16-18-12-9-8-10-13-18/h7-10,12-13,17,19-20H,1,11,14-16H2,2-6H3. The van der Waals surface area contributed by atoms with Crippen molar-refractivity contribution in [1.82, 2.24) is 10.0 Å². The van der Waals surface area contributed by atoms with Gasteiger partial charge >= 0.3 is 0 Å². The first-order valence-electron chi connectivity index (χ1n) is 9.93. The SMILES string of the molecule is C=CCC(CC(C)C)C(=O)N1C(=O)CC(C(C)(C)C)N1Cc1ccccc1. The molecule has 2 amide bonds. The molecule has 0 spiro atoms. The Bertz CT molecular complexity index is 661. The van der Waals surface area contributed by atoms with Crippen molar-refractivity contribution < 1.29 is 9.59 Å². The molecule has 0 aliphatic carbocycles. The van der Waals surface area contributed by atoms with Crippen LogP contribution in [0.2, 0.25) is 0 Å². The first-order valence-corrected chi connectivity index (χ1v) is 9.93. The summed E-state index contributed by atoms with van der Waals surface area (Å²) in [5.74, 6) is 0.00555. The molecule has 4 heteroatoms. The van der Waals surface area contributed by atoms with Gasteiger partial charge in [0.25, 0.3) is 0 Å². The lowest BCUT2D eigenvalue weighted by Gasteiger charge is -2.38. The zero-order valence-electron chi connectivity index (χ0n) is 17.4. The highest BCUT2D eigenvalue weighted by molar-refractivity contribution is 5.97. The average Bonchev–Trinajstić information content (AvgIpc) is 2.91. The van der Waals surface area contributed by atoms with Crippen LogP contribution in [0.5, 0.6) is 0 Å². The fourth-order valence-corrected chi connectivity index (χ4v) is 3.84. The van der Waals surface area contributed by atoms with Gasteiger partial charge in [0, 0.05) is 24.9 Å². The molecular weight excluding hydrogens is 336 g/mol. The second-order valence-corrected chi connectivity index (χ2v) is 9.06. The normalized spacial score (nSPS) is 19.6. The molecule has 0 aromatic heterocycles. The van der Waals surface area contributed by atoms with Gasteiger partial charge in [-0.05, 0) is 29.7 Å². The number of allylic oxidation sites excluding steroid dienone is 1. The summed E-state index contributed by atoms with van der Waals surface area (Å²) in [5, 5.41) is 3.44. The van der Waals surface area contributed by atoms with E-state index in [-0.39, 0.29) is 29.2 Å². The molecule has 2 unspecified atom stereocenters. The molecule has 0 N–H and O–H groups in total. The van der Waals surface area contributed by atoms with Crippen molar-refractivity contribution in [3.63, 3.8) is 0 Å². The van der Waals surface area contributed by atoms with Crippen LogP contribution in [0.25, 0.3) is 0 Å². The predicted molar refractivity (Wildman–Crippen MR) is 109 cm³/mol. The summed E-state index contributed by atoms with van der Waals surface area (Å²) in [4.78, 5) is 26.3. The van der Waals surface area contributed by atoms with Crippen LogP contribution in [0.15, 0.2) is 43.0 Å². The maximum absolute atomic E-state index is 13.4. The Hall–Kier alpha value is -1.94. The van der Waals surface area contributed by atoms with Crippen molar-refractivity contribution in [1.29, 1.82) is 0 Å². The zero-order valence-corrected chi connectivity index (χ0v) is 17.4. The molecule has 0 bridgehead atoms. The topological polar surface area (TPSA) is 40.6 Å². The van der Waals surface area contributed by atoms with Crippen LogP contribution in [0.1, 0.15) is 59.4 Å². The highest BCUT2D eigenvalue weighted by Gasteiger charge is 2.47. The van der Waals surface area contributed by atoms with Gasteiger partial charge < -0.3 is 0 Å². The van der Waals surface area contributed by atoms with E-state index in [0.717, 1.165) is 12.0 Å². The minimum absolute atomic E-state index is 0.00223. The number of hydrazine groups is 1. The van der Waals surface area contributed by atoms with Crippen molar-refractivity contribution in [3.05, 3.63) is 48.6 Å². The van der Waals surface area contributed by atoms with Crippen LogP contribution >= 0.6 is 0 Å².